The summed E-state index contributed by atoms with van der Waals surface area (Å²) >= 11 is 1.22. The molecule has 23 heavy (non-hydrogen) atoms. The third-order valence-corrected chi connectivity index (χ3v) is 3.56. The topological polar surface area (TPSA) is 61.7 Å². The van der Waals surface area contributed by atoms with E-state index in [0.29, 0.717) is 0 Å². The van der Waals surface area contributed by atoms with Crippen LogP contribution < -0.4 is 5.32 Å². The van der Waals surface area contributed by atoms with E-state index in [1.165, 1.54) is 11.8 Å². The first-order chi connectivity index (χ1) is 10.7. The van der Waals surface area contributed by atoms with E-state index in [0.717, 1.165) is 16.3 Å². The van der Waals surface area contributed by atoms with Crippen LogP contribution in [0.2, 0.25) is 0 Å². The smallest absolute Gasteiger partial charge is 0.313 e. The molecule has 0 atom stereocenters. The second kappa shape index (κ2) is 10.6. The first kappa shape index (κ1) is 19.0. The molecule has 0 amide bonds. The lowest BCUT2D eigenvalue weighted by atomic mass is 10.3. The summed E-state index contributed by atoms with van der Waals surface area (Å²) in [5, 5.41) is 12.0. The number of benzene rings is 2. The highest BCUT2D eigenvalue weighted by Crippen LogP contribution is 2.17. The number of hydrogen-bond donors (Lipinski definition) is 2. The average molecular weight is 393 g/mol. The molecule has 0 bridgehead atoms. The highest BCUT2D eigenvalue weighted by Gasteiger charge is 2.01. The highest BCUT2D eigenvalue weighted by molar-refractivity contribution is 8.93. The summed E-state index contributed by atoms with van der Waals surface area (Å²) in [5.74, 6) is -0.868. The first-order valence-corrected chi connectivity index (χ1v) is 7.68. The summed E-state index contributed by atoms with van der Waals surface area (Å²) < 4.78 is 0. The third-order valence-electron chi connectivity index (χ3n) is 2.61. The molecular weight excluding hydrogens is 376 g/mol. The van der Waals surface area contributed by atoms with Gasteiger partial charge in [-0.2, -0.15) is 0 Å². The number of nitrogens with zero attached hydrogens (tertiary/aromatic N) is 1. The van der Waals surface area contributed by atoms with Crippen molar-refractivity contribution in [2.45, 2.75) is 0 Å². The standard InChI is InChI=1S/C17H16N2O2S.BrH/c20-17(21)13-22-16(11-18-14-7-3-1-4-8-14)12-19-15-9-5-2-6-10-15;/h1-12,18H,13H2,(H,20,21);1H/b16-11-,19-12+;. The zero-order chi connectivity index (χ0) is 15.6. The fourth-order valence-electron chi connectivity index (χ4n) is 1.60. The normalized spacial score (nSPS) is 11.0. The molecule has 0 fully saturated rings. The summed E-state index contributed by atoms with van der Waals surface area (Å²) in [6.07, 6.45) is 3.42. The Balaban J connectivity index is 0.00000264. The van der Waals surface area contributed by atoms with Crippen molar-refractivity contribution < 1.29 is 9.90 Å². The Kier molecular flexibility index (Phi) is 8.79. The second-order valence-electron chi connectivity index (χ2n) is 4.33. The molecule has 0 aliphatic rings. The number of allylic oxidation sites excluding steroid dienone is 1. The van der Waals surface area contributed by atoms with Crippen LogP contribution in [0.15, 0.2) is 76.8 Å². The van der Waals surface area contributed by atoms with Crippen molar-refractivity contribution in [3.63, 3.8) is 0 Å². The van der Waals surface area contributed by atoms with Gasteiger partial charge in [0.25, 0.3) is 0 Å². The second-order valence-corrected chi connectivity index (χ2v) is 5.38. The number of hydrogen-bond acceptors (Lipinski definition) is 4. The number of rotatable bonds is 7. The van der Waals surface area contributed by atoms with Gasteiger partial charge in [-0.3, -0.25) is 9.79 Å². The van der Waals surface area contributed by atoms with E-state index in [1.54, 1.807) is 12.4 Å². The van der Waals surface area contributed by atoms with Crippen LogP contribution in [0.4, 0.5) is 11.4 Å². The third kappa shape index (κ3) is 7.67. The predicted octanol–water partition coefficient (Wildman–Crippen LogP) is 4.74. The number of aliphatic carboxylic acids is 1. The van der Waals surface area contributed by atoms with Gasteiger partial charge in [-0.1, -0.05) is 36.4 Å². The fourth-order valence-corrected chi connectivity index (χ4v) is 2.16. The van der Waals surface area contributed by atoms with E-state index in [9.17, 15) is 4.79 Å². The van der Waals surface area contributed by atoms with Crippen LogP contribution in [-0.4, -0.2) is 23.0 Å². The van der Waals surface area contributed by atoms with Crippen molar-refractivity contribution in [3.05, 3.63) is 71.8 Å². The van der Waals surface area contributed by atoms with Crippen LogP contribution in [0.1, 0.15) is 0 Å². The summed E-state index contributed by atoms with van der Waals surface area (Å²) in [6.45, 7) is 0. The van der Waals surface area contributed by atoms with Crippen LogP contribution >= 0.6 is 28.7 Å². The van der Waals surface area contributed by atoms with Crippen LogP contribution in [-0.2, 0) is 4.79 Å². The Bertz CT molecular complexity index is 661. The Hall–Kier alpha value is -2.05. The molecule has 120 valence electrons. The molecule has 6 heteroatoms. The zero-order valence-electron chi connectivity index (χ0n) is 12.3. The molecule has 0 unspecified atom stereocenters. The Morgan fingerprint density at radius 3 is 2.30 bits per heavy atom. The highest BCUT2D eigenvalue weighted by atomic mass is 79.9. The van der Waals surface area contributed by atoms with Crippen LogP contribution in [0, 0.1) is 0 Å². The molecule has 0 aliphatic carbocycles. The number of para-hydroxylation sites is 2. The molecule has 2 aromatic rings. The van der Waals surface area contributed by atoms with Crippen molar-refractivity contribution >= 4 is 52.3 Å². The van der Waals surface area contributed by atoms with Crippen molar-refractivity contribution in [3.8, 4) is 0 Å². The maximum atomic E-state index is 10.7. The summed E-state index contributed by atoms with van der Waals surface area (Å²) in [6, 6.07) is 19.2. The maximum Gasteiger partial charge on any atom is 0.313 e. The minimum Gasteiger partial charge on any atom is -0.481 e. The Morgan fingerprint density at radius 1 is 1.09 bits per heavy atom. The van der Waals surface area contributed by atoms with Gasteiger partial charge in [0, 0.05) is 23.0 Å². The molecule has 2 aromatic carbocycles. The molecular formula is C17H17BrN2O2S. The van der Waals surface area contributed by atoms with Crippen molar-refractivity contribution in [2.24, 2.45) is 4.99 Å². The first-order valence-electron chi connectivity index (χ1n) is 6.69. The average Bonchev–Trinajstić information content (AvgIpc) is 2.56. The van der Waals surface area contributed by atoms with Gasteiger partial charge in [0.05, 0.1) is 11.4 Å². The van der Waals surface area contributed by atoms with E-state index in [1.807, 2.05) is 60.7 Å². The van der Waals surface area contributed by atoms with Crippen LogP contribution in [0.3, 0.4) is 0 Å². The Labute approximate surface area is 150 Å². The van der Waals surface area contributed by atoms with E-state index in [4.69, 9.17) is 5.11 Å². The van der Waals surface area contributed by atoms with Crippen molar-refractivity contribution in [1.82, 2.24) is 0 Å². The van der Waals surface area contributed by atoms with Crippen LogP contribution in [0.5, 0.6) is 0 Å². The van der Waals surface area contributed by atoms with Gasteiger partial charge < -0.3 is 10.4 Å². The number of aliphatic imine (C=N–C) groups is 1. The quantitative estimate of drug-likeness (QED) is 0.668. The summed E-state index contributed by atoms with van der Waals surface area (Å²) in [5.41, 5.74) is 1.76. The number of halogens is 1. The van der Waals surface area contributed by atoms with Gasteiger partial charge in [-0.05, 0) is 24.3 Å². The molecule has 0 spiro atoms. The molecule has 0 saturated heterocycles. The van der Waals surface area contributed by atoms with E-state index >= 15 is 0 Å². The zero-order valence-corrected chi connectivity index (χ0v) is 14.8. The van der Waals surface area contributed by atoms with Gasteiger partial charge in [0.15, 0.2) is 0 Å². The van der Waals surface area contributed by atoms with E-state index < -0.39 is 5.97 Å². The largest absolute Gasteiger partial charge is 0.481 e. The minimum atomic E-state index is -0.858. The number of nitrogens with one attached hydrogen (secondary N) is 1. The van der Waals surface area contributed by atoms with Crippen molar-refractivity contribution in [1.29, 1.82) is 0 Å². The number of thioether (sulfide) groups is 1. The molecule has 0 aromatic heterocycles. The molecule has 0 saturated carbocycles. The maximum absolute atomic E-state index is 10.7. The predicted molar refractivity (Wildman–Crippen MR) is 103 cm³/mol. The number of carbonyl (C=O) groups is 1. The summed E-state index contributed by atoms with van der Waals surface area (Å²) in [7, 11) is 0. The SMILES string of the molecule is Br.O=C(O)CSC(=C\Nc1ccccc1)/C=N/c1ccccc1. The van der Waals surface area contributed by atoms with Crippen molar-refractivity contribution in [2.75, 3.05) is 11.1 Å². The fraction of sp³-hybridized carbons (Fsp3) is 0.0588. The monoisotopic (exact) mass is 392 g/mol. The van der Waals surface area contributed by atoms with E-state index in [-0.39, 0.29) is 22.7 Å². The number of carboxylic acids is 1. The van der Waals surface area contributed by atoms with Gasteiger partial charge in [0.1, 0.15) is 0 Å². The Morgan fingerprint density at radius 2 is 1.70 bits per heavy atom. The number of anilines is 1. The molecule has 0 radical (unpaired) electrons. The lowest BCUT2D eigenvalue weighted by Crippen LogP contribution is -1.99. The molecule has 0 aliphatic heterocycles. The number of carboxylic acid groups (broad SMARTS) is 1. The minimum absolute atomic E-state index is 0. The molecule has 2 N–H and O–H groups in total. The van der Waals surface area contributed by atoms with Gasteiger partial charge in [-0.25, -0.2) is 0 Å². The molecule has 2 rings (SSSR count). The summed E-state index contributed by atoms with van der Waals surface area (Å²) in [4.78, 5) is 15.8. The lowest BCUT2D eigenvalue weighted by molar-refractivity contribution is -0.133. The van der Waals surface area contributed by atoms with Gasteiger partial charge in [-0.15, -0.1) is 28.7 Å². The van der Waals surface area contributed by atoms with E-state index in [2.05, 4.69) is 10.3 Å². The lowest BCUT2D eigenvalue weighted by Gasteiger charge is -2.03. The van der Waals surface area contributed by atoms with Gasteiger partial charge >= 0.3 is 5.97 Å². The van der Waals surface area contributed by atoms with Crippen LogP contribution in [0.25, 0.3) is 0 Å². The van der Waals surface area contributed by atoms with Gasteiger partial charge in [0.2, 0.25) is 0 Å². The molecule has 0 heterocycles. The molecule has 4 nitrogen and oxygen atoms in total.